The summed E-state index contributed by atoms with van der Waals surface area (Å²) in [5.41, 5.74) is 5.23. The van der Waals surface area contributed by atoms with E-state index in [1.807, 2.05) is 0 Å². The molecule has 1 amide bonds. The van der Waals surface area contributed by atoms with Crippen LogP contribution in [0.15, 0.2) is 0 Å². The van der Waals surface area contributed by atoms with Crippen LogP contribution in [0.2, 0.25) is 0 Å². The number of likely N-dealkylation sites (N-methyl/N-ethyl adjacent to an activating group) is 1. The van der Waals surface area contributed by atoms with Crippen molar-refractivity contribution in [1.29, 1.82) is 0 Å². The Morgan fingerprint density at radius 3 is 2.84 bits per heavy atom. The number of nitrogens with one attached hydrogen (secondary N) is 1. The highest BCUT2D eigenvalue weighted by atomic mass is 16.1. The van der Waals surface area contributed by atoms with Crippen molar-refractivity contribution < 1.29 is 4.79 Å². The molecule has 110 valence electrons. The van der Waals surface area contributed by atoms with Gasteiger partial charge in [-0.2, -0.15) is 0 Å². The van der Waals surface area contributed by atoms with Crippen molar-refractivity contribution in [2.24, 2.45) is 11.7 Å². The number of hydrogen-bond donors (Lipinski definition) is 2. The average Bonchev–Trinajstić information content (AvgIpc) is 2.39. The molecule has 19 heavy (non-hydrogen) atoms. The lowest BCUT2D eigenvalue weighted by Gasteiger charge is -2.45. The zero-order valence-corrected chi connectivity index (χ0v) is 12.5. The van der Waals surface area contributed by atoms with E-state index in [0.717, 1.165) is 31.7 Å². The van der Waals surface area contributed by atoms with Gasteiger partial charge in [-0.15, -0.1) is 0 Å². The molecule has 1 saturated carbocycles. The van der Waals surface area contributed by atoms with Crippen LogP contribution in [0.5, 0.6) is 0 Å². The zero-order chi connectivity index (χ0) is 13.9. The van der Waals surface area contributed by atoms with E-state index >= 15 is 0 Å². The lowest BCUT2D eigenvalue weighted by molar-refractivity contribution is -0.126. The molecule has 2 fully saturated rings. The monoisotopic (exact) mass is 267 g/mol. The summed E-state index contributed by atoms with van der Waals surface area (Å²) in [5.74, 6) is 0.627. The molecule has 1 saturated heterocycles. The van der Waals surface area contributed by atoms with Gasteiger partial charge in [-0.25, -0.2) is 0 Å². The molecule has 0 aromatic heterocycles. The lowest BCUT2D eigenvalue weighted by atomic mass is 9.77. The molecule has 0 spiro atoms. The Morgan fingerprint density at radius 1 is 1.42 bits per heavy atom. The van der Waals surface area contributed by atoms with E-state index < -0.39 is 5.54 Å². The minimum Gasteiger partial charge on any atom is -0.368 e. The van der Waals surface area contributed by atoms with Crippen molar-refractivity contribution in [3.05, 3.63) is 0 Å². The van der Waals surface area contributed by atoms with Gasteiger partial charge >= 0.3 is 0 Å². The number of likely N-dealkylation sites (tertiary alicyclic amines) is 1. The molecule has 3 unspecified atom stereocenters. The second-order valence-corrected chi connectivity index (χ2v) is 6.47. The molecule has 0 bridgehead atoms. The first-order valence-electron chi connectivity index (χ1n) is 7.86. The molecule has 2 aliphatic rings. The number of carbonyl (C=O) groups is 1. The minimum absolute atomic E-state index is 0.163. The molecule has 1 aliphatic carbocycles. The van der Waals surface area contributed by atoms with Crippen molar-refractivity contribution in [2.75, 3.05) is 19.6 Å². The maximum atomic E-state index is 11.9. The van der Waals surface area contributed by atoms with Gasteiger partial charge in [0.1, 0.15) is 0 Å². The maximum absolute atomic E-state index is 11.9. The molecule has 4 heteroatoms. The number of rotatable bonds is 4. The predicted octanol–water partition coefficient (Wildman–Crippen LogP) is 1.49. The van der Waals surface area contributed by atoms with Crippen molar-refractivity contribution in [2.45, 2.75) is 64.0 Å². The molecular weight excluding hydrogens is 238 g/mol. The molecule has 0 aromatic carbocycles. The van der Waals surface area contributed by atoms with Crippen molar-refractivity contribution >= 4 is 5.91 Å². The van der Waals surface area contributed by atoms with E-state index in [9.17, 15) is 4.79 Å². The number of amides is 1. The third kappa shape index (κ3) is 3.29. The van der Waals surface area contributed by atoms with Crippen molar-refractivity contribution in [3.63, 3.8) is 0 Å². The zero-order valence-electron chi connectivity index (χ0n) is 12.5. The van der Waals surface area contributed by atoms with Crippen LogP contribution in [0.25, 0.3) is 0 Å². The third-order valence-electron chi connectivity index (χ3n) is 4.92. The lowest BCUT2D eigenvalue weighted by Crippen LogP contribution is -2.61. The summed E-state index contributed by atoms with van der Waals surface area (Å²) in [6.45, 7) is 7.57. The fourth-order valence-corrected chi connectivity index (χ4v) is 3.92. The molecule has 1 aliphatic heterocycles. The summed E-state index contributed by atoms with van der Waals surface area (Å²) in [4.78, 5) is 14.5. The van der Waals surface area contributed by atoms with Crippen molar-refractivity contribution in [1.82, 2.24) is 10.2 Å². The van der Waals surface area contributed by atoms with Crippen LogP contribution in [-0.4, -0.2) is 42.0 Å². The Bertz CT molecular complexity index is 317. The number of carbonyl (C=O) groups excluding carboxylic acids is 1. The topological polar surface area (TPSA) is 58.4 Å². The minimum atomic E-state index is -0.460. The SMILES string of the molecule is CCNC1(C(N)=O)CCCC(N2CCCC(C)C2)C1. The van der Waals surface area contributed by atoms with Crippen LogP contribution in [0.4, 0.5) is 0 Å². The van der Waals surface area contributed by atoms with Gasteiger partial charge in [-0.3, -0.25) is 4.79 Å². The quantitative estimate of drug-likeness (QED) is 0.811. The van der Waals surface area contributed by atoms with Crippen LogP contribution < -0.4 is 11.1 Å². The smallest absolute Gasteiger partial charge is 0.237 e. The summed E-state index contributed by atoms with van der Waals surface area (Å²) in [7, 11) is 0. The first-order chi connectivity index (χ1) is 9.07. The molecule has 4 nitrogen and oxygen atoms in total. The normalized spacial score (nSPS) is 37.2. The Hall–Kier alpha value is -0.610. The molecule has 0 radical (unpaired) electrons. The Balaban J connectivity index is 2.04. The standard InChI is InChI=1S/C15H29N3O/c1-3-17-15(14(16)19)8-4-7-13(10-15)18-9-5-6-12(2)11-18/h12-13,17H,3-11H2,1-2H3,(H2,16,19). The molecule has 1 heterocycles. The summed E-state index contributed by atoms with van der Waals surface area (Å²) >= 11 is 0. The van der Waals surface area contributed by atoms with Crippen LogP contribution >= 0.6 is 0 Å². The van der Waals surface area contributed by atoms with Gasteiger partial charge in [0.05, 0.1) is 5.54 Å². The fourth-order valence-electron chi connectivity index (χ4n) is 3.92. The largest absolute Gasteiger partial charge is 0.368 e. The number of primary amides is 1. The van der Waals surface area contributed by atoms with Gasteiger partial charge in [0.15, 0.2) is 0 Å². The van der Waals surface area contributed by atoms with E-state index in [1.54, 1.807) is 0 Å². The third-order valence-corrected chi connectivity index (χ3v) is 4.92. The van der Waals surface area contributed by atoms with Crippen LogP contribution in [-0.2, 0) is 4.79 Å². The van der Waals surface area contributed by atoms with Gasteiger partial charge in [0.25, 0.3) is 0 Å². The van der Waals surface area contributed by atoms with Gasteiger partial charge in [0.2, 0.25) is 5.91 Å². The fraction of sp³-hybridized carbons (Fsp3) is 0.933. The molecule has 0 aromatic rings. The molecule has 3 atom stereocenters. The van der Waals surface area contributed by atoms with Crippen LogP contribution in [0.3, 0.4) is 0 Å². The van der Waals surface area contributed by atoms with Gasteiger partial charge < -0.3 is 16.0 Å². The second kappa shape index (κ2) is 6.23. The summed E-state index contributed by atoms with van der Waals surface area (Å²) < 4.78 is 0. The second-order valence-electron chi connectivity index (χ2n) is 6.47. The van der Waals surface area contributed by atoms with Crippen molar-refractivity contribution in [3.8, 4) is 0 Å². The highest BCUT2D eigenvalue weighted by Crippen LogP contribution is 2.33. The Morgan fingerprint density at radius 2 is 2.21 bits per heavy atom. The van der Waals surface area contributed by atoms with E-state index in [4.69, 9.17) is 5.73 Å². The van der Waals surface area contributed by atoms with Crippen LogP contribution in [0.1, 0.15) is 52.4 Å². The number of nitrogens with two attached hydrogens (primary N) is 1. The number of nitrogens with zero attached hydrogens (tertiary/aromatic N) is 1. The van der Waals surface area contributed by atoms with Gasteiger partial charge in [0, 0.05) is 12.6 Å². The number of piperidine rings is 1. The number of hydrogen-bond acceptors (Lipinski definition) is 3. The first kappa shape index (κ1) is 14.8. The highest BCUT2D eigenvalue weighted by Gasteiger charge is 2.42. The Labute approximate surface area is 117 Å². The van der Waals surface area contributed by atoms with E-state index in [-0.39, 0.29) is 5.91 Å². The van der Waals surface area contributed by atoms with Gasteiger partial charge in [-0.1, -0.05) is 13.8 Å². The Kier molecular flexibility index (Phi) is 4.85. The predicted molar refractivity (Wildman–Crippen MR) is 77.8 cm³/mol. The highest BCUT2D eigenvalue weighted by molar-refractivity contribution is 5.84. The molecule has 3 N–H and O–H groups in total. The maximum Gasteiger partial charge on any atom is 0.237 e. The van der Waals surface area contributed by atoms with E-state index in [0.29, 0.717) is 6.04 Å². The average molecular weight is 267 g/mol. The molecule has 2 rings (SSSR count). The summed E-state index contributed by atoms with van der Waals surface area (Å²) in [5, 5.41) is 3.38. The summed E-state index contributed by atoms with van der Waals surface area (Å²) in [6, 6.07) is 0.531. The van der Waals surface area contributed by atoms with E-state index in [1.165, 1.54) is 32.4 Å². The first-order valence-corrected chi connectivity index (χ1v) is 7.86. The van der Waals surface area contributed by atoms with E-state index in [2.05, 4.69) is 24.1 Å². The van der Waals surface area contributed by atoms with Gasteiger partial charge in [-0.05, 0) is 57.5 Å². The molecular formula is C15H29N3O. The summed E-state index contributed by atoms with van der Waals surface area (Å²) in [6.07, 6.45) is 6.75. The van der Waals surface area contributed by atoms with Crippen LogP contribution in [0, 0.1) is 5.92 Å².